The number of alkyl halides is 3. The summed E-state index contributed by atoms with van der Waals surface area (Å²) in [6, 6.07) is 0. The Morgan fingerprint density at radius 2 is 2.19 bits per heavy atom. The zero-order chi connectivity index (χ0) is 12.1. The number of carboxylic acids is 1. The van der Waals surface area contributed by atoms with Gasteiger partial charge in [0.25, 0.3) is 0 Å². The van der Waals surface area contributed by atoms with E-state index in [1.165, 1.54) is 0 Å². The topological polar surface area (TPSA) is 80.6 Å². The molecule has 2 aromatic rings. The average Bonchev–Trinajstić information content (AvgIpc) is 2.64. The van der Waals surface area contributed by atoms with Crippen molar-refractivity contribution in [3.63, 3.8) is 0 Å². The summed E-state index contributed by atoms with van der Waals surface area (Å²) in [5, 5.41) is 8.68. The fourth-order valence-electron chi connectivity index (χ4n) is 1.28. The molecular weight excluding hydrogens is 247 g/mol. The zero-order valence-corrected chi connectivity index (χ0v) is 8.26. The SMILES string of the molecule is Nc1ncn2c(C(F)(F)F)c(C(=O)O)sc12. The molecule has 0 atom stereocenters. The molecule has 0 bridgehead atoms. The van der Waals surface area contributed by atoms with Crippen molar-refractivity contribution in [3.05, 3.63) is 16.9 Å². The summed E-state index contributed by atoms with van der Waals surface area (Å²) in [6.07, 6.45) is -3.91. The molecule has 0 saturated heterocycles. The van der Waals surface area contributed by atoms with Crippen LogP contribution in [0.25, 0.3) is 4.83 Å². The number of hydrogen-bond acceptors (Lipinski definition) is 4. The van der Waals surface area contributed by atoms with Crippen molar-refractivity contribution >= 4 is 28.0 Å². The van der Waals surface area contributed by atoms with Gasteiger partial charge >= 0.3 is 12.1 Å². The van der Waals surface area contributed by atoms with Gasteiger partial charge in [-0.05, 0) is 0 Å². The molecule has 86 valence electrons. The molecule has 0 aliphatic heterocycles. The number of nitrogen functional groups attached to an aromatic ring is 1. The second-order valence-electron chi connectivity index (χ2n) is 2.89. The predicted molar refractivity (Wildman–Crippen MR) is 49.4 cm³/mol. The average molecular weight is 251 g/mol. The number of rotatable bonds is 1. The number of thiazole rings is 1. The quantitative estimate of drug-likeness (QED) is 0.808. The Bertz CT molecular complexity index is 571. The largest absolute Gasteiger partial charge is 0.477 e. The van der Waals surface area contributed by atoms with Crippen LogP contribution in [0.1, 0.15) is 15.4 Å². The molecule has 0 aliphatic rings. The Morgan fingerprint density at radius 3 is 2.69 bits per heavy atom. The maximum Gasteiger partial charge on any atom is 0.433 e. The minimum absolute atomic E-state index is 0.0234. The standard InChI is InChI=1S/C7H4F3N3O2S/c8-7(9,10)3-2(6(14)15)16-5-4(11)12-1-13(3)5/h1H,11H2,(H,14,15). The zero-order valence-electron chi connectivity index (χ0n) is 7.45. The van der Waals surface area contributed by atoms with Gasteiger partial charge in [0.1, 0.15) is 16.0 Å². The first kappa shape index (κ1) is 10.7. The van der Waals surface area contributed by atoms with Crippen LogP contribution in [0.5, 0.6) is 0 Å². The van der Waals surface area contributed by atoms with E-state index in [0.717, 1.165) is 6.33 Å². The van der Waals surface area contributed by atoms with Crippen LogP contribution in [0.3, 0.4) is 0 Å². The van der Waals surface area contributed by atoms with Crippen LogP contribution in [-0.2, 0) is 6.18 Å². The smallest absolute Gasteiger partial charge is 0.433 e. The Hall–Kier alpha value is -1.77. The van der Waals surface area contributed by atoms with Crippen molar-refractivity contribution in [2.24, 2.45) is 0 Å². The molecule has 3 N–H and O–H groups in total. The van der Waals surface area contributed by atoms with Crippen LogP contribution in [0.4, 0.5) is 19.0 Å². The first-order valence-corrected chi connectivity index (χ1v) is 4.70. The summed E-state index contributed by atoms with van der Waals surface area (Å²) in [6.45, 7) is 0. The van der Waals surface area contributed by atoms with Crippen LogP contribution in [-0.4, -0.2) is 20.5 Å². The number of nitrogens with two attached hydrogens (primary N) is 1. The van der Waals surface area contributed by atoms with E-state index in [9.17, 15) is 18.0 Å². The summed E-state index contributed by atoms with van der Waals surface area (Å²) in [4.78, 5) is 13.4. The van der Waals surface area contributed by atoms with Gasteiger partial charge in [0.05, 0.1) is 0 Å². The molecule has 16 heavy (non-hydrogen) atoms. The molecule has 0 amide bonds. The maximum atomic E-state index is 12.6. The van der Waals surface area contributed by atoms with Crippen molar-refractivity contribution in [2.45, 2.75) is 6.18 Å². The second kappa shape index (κ2) is 3.11. The number of anilines is 1. The number of fused-ring (bicyclic) bond motifs is 1. The molecular formula is C7H4F3N3O2S. The number of imidazole rings is 1. The van der Waals surface area contributed by atoms with Crippen LogP contribution >= 0.6 is 11.3 Å². The highest BCUT2D eigenvalue weighted by Gasteiger charge is 2.40. The van der Waals surface area contributed by atoms with Crippen LogP contribution in [0.2, 0.25) is 0 Å². The number of aromatic nitrogens is 2. The molecule has 0 radical (unpaired) electrons. The highest BCUT2D eigenvalue weighted by atomic mass is 32.1. The van der Waals surface area contributed by atoms with E-state index in [0.29, 0.717) is 15.7 Å². The van der Waals surface area contributed by atoms with Gasteiger partial charge in [-0.1, -0.05) is 0 Å². The number of aromatic carboxylic acids is 1. The van der Waals surface area contributed by atoms with Crippen molar-refractivity contribution in [1.29, 1.82) is 0 Å². The minimum Gasteiger partial charge on any atom is -0.477 e. The molecule has 9 heteroatoms. The van der Waals surface area contributed by atoms with E-state index >= 15 is 0 Å². The van der Waals surface area contributed by atoms with Gasteiger partial charge in [0.15, 0.2) is 11.5 Å². The van der Waals surface area contributed by atoms with E-state index in [-0.39, 0.29) is 10.6 Å². The molecule has 0 fully saturated rings. The molecule has 5 nitrogen and oxygen atoms in total. The third kappa shape index (κ3) is 1.40. The summed E-state index contributed by atoms with van der Waals surface area (Å²) in [5.74, 6) is -1.76. The summed E-state index contributed by atoms with van der Waals surface area (Å²) >= 11 is 0.448. The van der Waals surface area contributed by atoms with E-state index in [1.807, 2.05) is 0 Å². The number of carbonyl (C=O) groups is 1. The van der Waals surface area contributed by atoms with Gasteiger partial charge in [-0.2, -0.15) is 13.2 Å². The van der Waals surface area contributed by atoms with Crippen molar-refractivity contribution in [3.8, 4) is 0 Å². The van der Waals surface area contributed by atoms with Crippen LogP contribution in [0.15, 0.2) is 6.33 Å². The van der Waals surface area contributed by atoms with Gasteiger partial charge in [-0.15, -0.1) is 11.3 Å². The fraction of sp³-hybridized carbons (Fsp3) is 0.143. The predicted octanol–water partition coefficient (Wildman–Crippen LogP) is 1.70. The molecule has 0 saturated carbocycles. The lowest BCUT2D eigenvalue weighted by Crippen LogP contribution is -2.13. The van der Waals surface area contributed by atoms with E-state index in [2.05, 4.69) is 4.98 Å². The third-order valence-electron chi connectivity index (χ3n) is 1.87. The number of hydrogen-bond donors (Lipinski definition) is 2. The van der Waals surface area contributed by atoms with Crippen molar-refractivity contribution < 1.29 is 23.1 Å². The fourth-order valence-corrected chi connectivity index (χ4v) is 2.26. The van der Waals surface area contributed by atoms with Gasteiger partial charge < -0.3 is 10.8 Å². The van der Waals surface area contributed by atoms with E-state index in [4.69, 9.17) is 10.8 Å². The molecule has 0 spiro atoms. The first-order valence-electron chi connectivity index (χ1n) is 3.88. The first-order chi connectivity index (χ1) is 7.32. The van der Waals surface area contributed by atoms with Gasteiger partial charge in [0.2, 0.25) is 0 Å². The van der Waals surface area contributed by atoms with E-state index in [1.54, 1.807) is 0 Å². The highest BCUT2D eigenvalue weighted by molar-refractivity contribution is 7.19. The Balaban J connectivity index is 2.85. The number of carboxylic acid groups (broad SMARTS) is 1. The van der Waals surface area contributed by atoms with Crippen molar-refractivity contribution in [2.75, 3.05) is 5.73 Å². The van der Waals surface area contributed by atoms with Gasteiger partial charge in [-0.3, -0.25) is 4.40 Å². The Kier molecular flexibility index (Phi) is 2.09. The number of halogens is 3. The van der Waals surface area contributed by atoms with E-state index < -0.39 is 22.7 Å². The van der Waals surface area contributed by atoms with Crippen LogP contribution in [0, 0.1) is 0 Å². The lowest BCUT2D eigenvalue weighted by atomic mass is 10.3. The third-order valence-corrected chi connectivity index (χ3v) is 3.04. The molecule has 0 unspecified atom stereocenters. The van der Waals surface area contributed by atoms with Crippen LogP contribution < -0.4 is 5.73 Å². The Labute approximate surface area is 89.9 Å². The van der Waals surface area contributed by atoms with Crippen molar-refractivity contribution in [1.82, 2.24) is 9.38 Å². The number of nitrogens with zero attached hydrogens (tertiary/aromatic N) is 2. The molecule has 0 aromatic carbocycles. The molecule has 2 aromatic heterocycles. The Morgan fingerprint density at radius 1 is 1.56 bits per heavy atom. The molecule has 2 heterocycles. The molecule has 0 aliphatic carbocycles. The summed E-state index contributed by atoms with van der Waals surface area (Å²) in [5.41, 5.74) is 4.06. The summed E-state index contributed by atoms with van der Waals surface area (Å²) in [7, 11) is 0. The second-order valence-corrected chi connectivity index (χ2v) is 3.89. The maximum absolute atomic E-state index is 12.6. The minimum atomic E-state index is -4.76. The highest BCUT2D eigenvalue weighted by Crippen LogP contribution is 2.38. The monoisotopic (exact) mass is 251 g/mol. The van der Waals surface area contributed by atoms with Gasteiger partial charge in [-0.25, -0.2) is 9.78 Å². The summed E-state index contributed by atoms with van der Waals surface area (Å²) < 4.78 is 38.5. The lowest BCUT2D eigenvalue weighted by molar-refractivity contribution is -0.142. The van der Waals surface area contributed by atoms with Gasteiger partial charge in [0, 0.05) is 0 Å². The molecule has 2 rings (SSSR count). The normalized spacial score (nSPS) is 12.2. The lowest BCUT2D eigenvalue weighted by Gasteiger charge is -2.05.